The molecule has 12 heavy (non-hydrogen) atoms. The van der Waals surface area contributed by atoms with E-state index in [-0.39, 0.29) is 11.2 Å². The molecule has 70 valence electrons. The summed E-state index contributed by atoms with van der Waals surface area (Å²) >= 11 is 0. The topological polar surface area (TPSA) is 46.5 Å². The van der Waals surface area contributed by atoms with Crippen molar-refractivity contribution < 1.29 is 14.6 Å². The van der Waals surface area contributed by atoms with Gasteiger partial charge in [0.15, 0.2) is 0 Å². The fourth-order valence-electron chi connectivity index (χ4n) is 0.661. The zero-order valence-corrected chi connectivity index (χ0v) is 7.89. The lowest BCUT2D eigenvalue weighted by molar-refractivity contribution is -0.132. The van der Waals surface area contributed by atoms with Gasteiger partial charge in [0, 0.05) is 12.7 Å². The molecular formula is C9H16O3. The summed E-state index contributed by atoms with van der Waals surface area (Å²) in [5, 5.41) is 8.51. The normalized spacial score (nSPS) is 11.2. The molecule has 0 aromatic heterocycles. The van der Waals surface area contributed by atoms with E-state index in [1.807, 2.05) is 13.8 Å². The standard InChI is InChI=1S/C9H16O3/c1-7(8(10)11)5-6-9(2,3)12-4/h1,5-6H2,2-4H3,(H,10,11). The van der Waals surface area contributed by atoms with Gasteiger partial charge in [0.05, 0.1) is 5.60 Å². The van der Waals surface area contributed by atoms with Gasteiger partial charge in [0.1, 0.15) is 0 Å². The molecule has 0 bridgehead atoms. The Labute approximate surface area is 73.0 Å². The number of carbonyl (C=O) groups is 1. The predicted octanol–water partition coefficient (Wildman–Crippen LogP) is 1.83. The molecule has 0 aromatic carbocycles. The number of hydrogen-bond acceptors (Lipinski definition) is 2. The van der Waals surface area contributed by atoms with Crippen molar-refractivity contribution in [2.45, 2.75) is 32.3 Å². The molecule has 0 radical (unpaired) electrons. The molecule has 0 saturated heterocycles. The minimum Gasteiger partial charge on any atom is -0.478 e. The number of rotatable bonds is 5. The highest BCUT2D eigenvalue weighted by Gasteiger charge is 2.17. The van der Waals surface area contributed by atoms with Crippen LogP contribution in [0.1, 0.15) is 26.7 Å². The van der Waals surface area contributed by atoms with Crippen molar-refractivity contribution in [2.75, 3.05) is 7.11 Å². The molecule has 0 atom stereocenters. The molecule has 0 heterocycles. The van der Waals surface area contributed by atoms with Crippen LogP contribution >= 0.6 is 0 Å². The maximum atomic E-state index is 10.4. The Bertz CT molecular complexity index is 182. The summed E-state index contributed by atoms with van der Waals surface area (Å²) in [7, 11) is 1.61. The first-order chi connectivity index (χ1) is 5.39. The lowest BCUT2D eigenvalue weighted by Crippen LogP contribution is -2.22. The quantitative estimate of drug-likeness (QED) is 0.643. The third kappa shape index (κ3) is 4.13. The van der Waals surface area contributed by atoms with Crippen LogP contribution in [0.2, 0.25) is 0 Å². The summed E-state index contributed by atoms with van der Waals surface area (Å²) in [5.41, 5.74) is -0.0293. The van der Waals surface area contributed by atoms with E-state index >= 15 is 0 Å². The van der Waals surface area contributed by atoms with E-state index in [0.29, 0.717) is 12.8 Å². The molecule has 0 aliphatic carbocycles. The van der Waals surface area contributed by atoms with E-state index in [0.717, 1.165) is 0 Å². The van der Waals surface area contributed by atoms with Crippen LogP contribution in [0, 0.1) is 0 Å². The van der Waals surface area contributed by atoms with Gasteiger partial charge in [-0.2, -0.15) is 0 Å². The first-order valence-electron chi connectivity index (χ1n) is 3.85. The molecule has 0 saturated carbocycles. The van der Waals surface area contributed by atoms with Crippen molar-refractivity contribution >= 4 is 5.97 Å². The molecule has 0 rings (SSSR count). The highest BCUT2D eigenvalue weighted by molar-refractivity contribution is 5.85. The van der Waals surface area contributed by atoms with Gasteiger partial charge in [-0.05, 0) is 26.7 Å². The van der Waals surface area contributed by atoms with Crippen molar-refractivity contribution in [1.82, 2.24) is 0 Å². The van der Waals surface area contributed by atoms with Crippen LogP contribution in [-0.2, 0) is 9.53 Å². The second kappa shape index (κ2) is 4.26. The largest absolute Gasteiger partial charge is 0.478 e. The molecule has 0 aromatic rings. The summed E-state index contributed by atoms with van der Waals surface area (Å²) in [6.45, 7) is 7.27. The summed E-state index contributed by atoms with van der Waals surface area (Å²) in [5.74, 6) is -0.929. The predicted molar refractivity (Wildman–Crippen MR) is 47.1 cm³/mol. The summed E-state index contributed by atoms with van der Waals surface area (Å²) in [4.78, 5) is 10.4. The number of aliphatic carboxylic acids is 1. The van der Waals surface area contributed by atoms with Crippen LogP contribution in [0.4, 0.5) is 0 Å². The Balaban J connectivity index is 3.83. The molecule has 0 spiro atoms. The van der Waals surface area contributed by atoms with E-state index in [4.69, 9.17) is 9.84 Å². The second-order valence-corrected chi connectivity index (χ2v) is 3.37. The van der Waals surface area contributed by atoms with Crippen molar-refractivity contribution in [2.24, 2.45) is 0 Å². The monoisotopic (exact) mass is 172 g/mol. The fraction of sp³-hybridized carbons (Fsp3) is 0.667. The number of methoxy groups -OCH3 is 1. The summed E-state index contributed by atoms with van der Waals surface area (Å²) < 4.78 is 5.13. The van der Waals surface area contributed by atoms with Crippen LogP contribution in [0.25, 0.3) is 0 Å². The lowest BCUT2D eigenvalue weighted by atomic mass is 9.99. The van der Waals surface area contributed by atoms with E-state index in [1.165, 1.54) is 0 Å². The zero-order valence-electron chi connectivity index (χ0n) is 7.89. The maximum Gasteiger partial charge on any atom is 0.330 e. The van der Waals surface area contributed by atoms with Crippen LogP contribution in [0.5, 0.6) is 0 Å². The van der Waals surface area contributed by atoms with Gasteiger partial charge >= 0.3 is 5.97 Å². The molecule has 3 heteroatoms. The minimum atomic E-state index is -0.929. The van der Waals surface area contributed by atoms with Gasteiger partial charge in [-0.1, -0.05) is 6.58 Å². The van der Waals surface area contributed by atoms with Gasteiger partial charge in [-0.15, -0.1) is 0 Å². The Kier molecular flexibility index (Phi) is 3.96. The molecule has 0 aliphatic heterocycles. The van der Waals surface area contributed by atoms with Gasteiger partial charge < -0.3 is 9.84 Å². The highest BCUT2D eigenvalue weighted by Crippen LogP contribution is 2.18. The minimum absolute atomic E-state index is 0.236. The van der Waals surface area contributed by atoms with Crippen LogP contribution in [-0.4, -0.2) is 23.8 Å². The van der Waals surface area contributed by atoms with Crippen LogP contribution in [0.3, 0.4) is 0 Å². The van der Waals surface area contributed by atoms with Crippen molar-refractivity contribution in [3.05, 3.63) is 12.2 Å². The van der Waals surface area contributed by atoms with Gasteiger partial charge in [0.2, 0.25) is 0 Å². The number of carboxylic acids is 1. The number of carboxylic acid groups (broad SMARTS) is 1. The van der Waals surface area contributed by atoms with Gasteiger partial charge in [-0.3, -0.25) is 0 Å². The molecule has 1 N–H and O–H groups in total. The molecule has 0 unspecified atom stereocenters. The molecule has 0 fully saturated rings. The lowest BCUT2D eigenvalue weighted by Gasteiger charge is -2.22. The van der Waals surface area contributed by atoms with E-state index in [2.05, 4.69) is 6.58 Å². The van der Waals surface area contributed by atoms with E-state index < -0.39 is 5.97 Å². The molecule has 0 aliphatic rings. The number of ether oxygens (including phenoxy) is 1. The molecule has 0 amide bonds. The van der Waals surface area contributed by atoms with E-state index in [1.54, 1.807) is 7.11 Å². The number of hydrogen-bond donors (Lipinski definition) is 1. The van der Waals surface area contributed by atoms with Gasteiger partial charge in [-0.25, -0.2) is 4.79 Å². The Morgan fingerprint density at radius 3 is 2.42 bits per heavy atom. The Hall–Kier alpha value is -0.830. The Morgan fingerprint density at radius 2 is 2.08 bits per heavy atom. The van der Waals surface area contributed by atoms with Crippen LogP contribution < -0.4 is 0 Å². The van der Waals surface area contributed by atoms with Crippen molar-refractivity contribution in [3.8, 4) is 0 Å². The third-order valence-corrected chi connectivity index (χ3v) is 1.88. The molecular weight excluding hydrogens is 156 g/mol. The summed E-state index contributed by atoms with van der Waals surface area (Å²) in [6.07, 6.45) is 1.14. The summed E-state index contributed by atoms with van der Waals surface area (Å²) in [6, 6.07) is 0. The first kappa shape index (κ1) is 11.2. The van der Waals surface area contributed by atoms with Crippen molar-refractivity contribution in [1.29, 1.82) is 0 Å². The van der Waals surface area contributed by atoms with Crippen LogP contribution in [0.15, 0.2) is 12.2 Å². The van der Waals surface area contributed by atoms with Crippen molar-refractivity contribution in [3.63, 3.8) is 0 Å². The highest BCUT2D eigenvalue weighted by atomic mass is 16.5. The van der Waals surface area contributed by atoms with E-state index in [9.17, 15) is 4.79 Å². The SMILES string of the molecule is C=C(CCC(C)(C)OC)C(=O)O. The maximum absolute atomic E-state index is 10.4. The smallest absolute Gasteiger partial charge is 0.330 e. The second-order valence-electron chi connectivity index (χ2n) is 3.37. The fourth-order valence-corrected chi connectivity index (χ4v) is 0.661. The average molecular weight is 172 g/mol. The first-order valence-corrected chi connectivity index (χ1v) is 3.85. The average Bonchev–Trinajstić information content (AvgIpc) is 2.00. The van der Waals surface area contributed by atoms with Gasteiger partial charge in [0.25, 0.3) is 0 Å². The zero-order chi connectivity index (χ0) is 9.78. The molecule has 3 nitrogen and oxygen atoms in total. The Morgan fingerprint density at radius 1 is 1.58 bits per heavy atom. The third-order valence-electron chi connectivity index (χ3n) is 1.88.